The zero-order chi connectivity index (χ0) is 52.9. The van der Waals surface area contributed by atoms with E-state index < -0.39 is 12.1 Å². The van der Waals surface area contributed by atoms with Crippen molar-refractivity contribution in [3.05, 3.63) is 182 Å². The Bertz CT molecular complexity index is 1770. The van der Waals surface area contributed by atoms with Crippen molar-refractivity contribution in [3.8, 4) is 0 Å². The molecule has 0 radical (unpaired) electrons. The van der Waals surface area contributed by atoms with Crippen LogP contribution in [0.5, 0.6) is 0 Å². The molecule has 6 heteroatoms. The van der Waals surface area contributed by atoms with E-state index >= 15 is 0 Å². The lowest BCUT2D eigenvalue weighted by Crippen LogP contribution is -2.30. The van der Waals surface area contributed by atoms with Gasteiger partial charge in [0.25, 0.3) is 0 Å². The third-order valence-corrected chi connectivity index (χ3v) is 10.9. The van der Waals surface area contributed by atoms with E-state index in [9.17, 15) is 14.4 Å². The van der Waals surface area contributed by atoms with Crippen LogP contribution in [0.1, 0.15) is 201 Å². The van der Waals surface area contributed by atoms with Gasteiger partial charge >= 0.3 is 17.9 Å². The van der Waals surface area contributed by atoms with Crippen LogP contribution in [0.3, 0.4) is 0 Å². The second-order valence-electron chi connectivity index (χ2n) is 17.7. The maximum atomic E-state index is 12.8. The monoisotopic (exact) mass is 1000 g/mol. The highest BCUT2D eigenvalue weighted by molar-refractivity contribution is 5.71. The molecule has 0 heterocycles. The van der Waals surface area contributed by atoms with Gasteiger partial charge in [-0.05, 0) is 148 Å². The van der Waals surface area contributed by atoms with Crippen LogP contribution < -0.4 is 0 Å². The minimum atomic E-state index is -0.848. The summed E-state index contributed by atoms with van der Waals surface area (Å²) in [5.74, 6) is -1.08. The van der Waals surface area contributed by atoms with Crippen LogP contribution in [0.2, 0.25) is 0 Å². The summed E-state index contributed by atoms with van der Waals surface area (Å²) in [6.07, 6.45) is 88.8. The number of rotatable bonds is 48. The maximum absolute atomic E-state index is 12.8. The quantitative estimate of drug-likeness (QED) is 0.0262. The van der Waals surface area contributed by atoms with E-state index in [0.29, 0.717) is 19.3 Å². The standard InChI is InChI=1S/C67H100O6/c1-4-7-10-13-16-19-22-25-28-31-32-33-34-37-39-42-45-48-51-54-57-60-66(69)72-63-64(73-67(70)61-58-55-52-49-46-43-40-36-30-27-24-21-18-15-12-9-6-3)62-71-65(68)59-56-53-50-47-44-41-38-35-29-26-23-20-17-14-11-8-5-2/h7-12,16-21,25-30,32-33,37-41,43,45,48-49,52,64H,4-6,13-15,22-24,31,34-36,42,44,46-47,50-51,53-63H2,1-3H3/b10-7-,11-8-,12-9-,19-16-,20-17-,21-18-,28-25-,29-26-,30-27-,33-32-,39-37-,41-38-,43-40-,48-45-,52-49-. The lowest BCUT2D eigenvalue weighted by Gasteiger charge is -2.18. The van der Waals surface area contributed by atoms with Gasteiger partial charge in [0.2, 0.25) is 0 Å². The van der Waals surface area contributed by atoms with Crippen LogP contribution >= 0.6 is 0 Å². The van der Waals surface area contributed by atoms with Gasteiger partial charge in [-0.3, -0.25) is 14.4 Å². The third kappa shape index (κ3) is 57.3. The van der Waals surface area contributed by atoms with Crippen molar-refractivity contribution in [2.75, 3.05) is 13.2 Å². The van der Waals surface area contributed by atoms with Crippen molar-refractivity contribution in [2.45, 2.75) is 207 Å². The van der Waals surface area contributed by atoms with Gasteiger partial charge in [-0.2, -0.15) is 0 Å². The molecule has 0 aromatic carbocycles. The molecule has 0 N–H and O–H groups in total. The number of hydrogen-bond donors (Lipinski definition) is 0. The van der Waals surface area contributed by atoms with Crippen LogP contribution in [0.4, 0.5) is 0 Å². The van der Waals surface area contributed by atoms with Gasteiger partial charge in [0.15, 0.2) is 6.10 Å². The van der Waals surface area contributed by atoms with E-state index in [1.54, 1.807) is 0 Å². The van der Waals surface area contributed by atoms with Crippen molar-refractivity contribution in [1.82, 2.24) is 0 Å². The number of ether oxygens (including phenoxy) is 3. The molecule has 0 aliphatic carbocycles. The summed E-state index contributed by atoms with van der Waals surface area (Å²) in [4.78, 5) is 38.2. The normalized spacial score (nSPS) is 13.5. The minimum absolute atomic E-state index is 0.138. The molecule has 0 amide bonds. The van der Waals surface area contributed by atoms with Crippen LogP contribution in [0, 0.1) is 0 Å². The first-order valence-electron chi connectivity index (χ1n) is 28.3. The molecule has 0 spiro atoms. The second kappa shape index (κ2) is 59.1. The molecule has 0 saturated carbocycles. The molecule has 6 nitrogen and oxygen atoms in total. The Labute approximate surface area is 446 Å². The Morgan fingerprint density at radius 1 is 0.274 bits per heavy atom. The SMILES string of the molecule is CC/C=C\C/C=C\C/C=C\C/C=C\C/C=C\C/C=C\CCCCC(=O)OCC(COC(=O)CCCCCC/C=C\C/C=C\C/C=C\C/C=C\CC)OC(=O)CCC/C=C\C/C=C\C/C=C\C/C=C\C/C=C\CC. The minimum Gasteiger partial charge on any atom is -0.462 e. The lowest BCUT2D eigenvalue weighted by atomic mass is 10.1. The topological polar surface area (TPSA) is 78.9 Å². The molecular weight excluding hydrogens is 901 g/mol. The van der Waals surface area contributed by atoms with Gasteiger partial charge in [-0.1, -0.05) is 216 Å². The molecule has 404 valence electrons. The molecule has 0 aliphatic heterocycles. The summed E-state index contributed by atoms with van der Waals surface area (Å²) in [6, 6.07) is 0. The van der Waals surface area contributed by atoms with Crippen LogP contribution in [-0.2, 0) is 28.6 Å². The highest BCUT2D eigenvalue weighted by Gasteiger charge is 2.19. The Balaban J connectivity index is 4.64. The molecule has 0 rings (SSSR count). The average molecular weight is 1000 g/mol. The van der Waals surface area contributed by atoms with Crippen LogP contribution in [0.25, 0.3) is 0 Å². The smallest absolute Gasteiger partial charge is 0.306 e. The molecule has 0 aromatic rings. The lowest BCUT2D eigenvalue weighted by molar-refractivity contribution is -0.167. The van der Waals surface area contributed by atoms with E-state index in [1.165, 1.54) is 0 Å². The number of hydrogen-bond acceptors (Lipinski definition) is 6. The summed E-state index contributed by atoms with van der Waals surface area (Å²) < 4.78 is 16.7. The van der Waals surface area contributed by atoms with Crippen molar-refractivity contribution in [3.63, 3.8) is 0 Å². The largest absolute Gasteiger partial charge is 0.462 e. The third-order valence-electron chi connectivity index (χ3n) is 10.9. The van der Waals surface area contributed by atoms with E-state index in [1.807, 2.05) is 0 Å². The molecule has 1 atom stereocenters. The van der Waals surface area contributed by atoms with E-state index in [4.69, 9.17) is 14.2 Å². The molecule has 1 unspecified atom stereocenters. The van der Waals surface area contributed by atoms with Crippen LogP contribution in [-0.4, -0.2) is 37.2 Å². The Morgan fingerprint density at radius 2 is 0.507 bits per heavy atom. The fourth-order valence-electron chi connectivity index (χ4n) is 6.76. The van der Waals surface area contributed by atoms with Gasteiger partial charge in [0, 0.05) is 19.3 Å². The Kier molecular flexibility index (Phi) is 54.6. The predicted molar refractivity (Wildman–Crippen MR) is 315 cm³/mol. The highest BCUT2D eigenvalue weighted by atomic mass is 16.6. The second-order valence-corrected chi connectivity index (χ2v) is 17.7. The maximum Gasteiger partial charge on any atom is 0.306 e. The summed E-state index contributed by atoms with van der Waals surface area (Å²) in [6.45, 7) is 6.16. The van der Waals surface area contributed by atoms with Gasteiger partial charge in [-0.15, -0.1) is 0 Å². The van der Waals surface area contributed by atoms with Crippen molar-refractivity contribution >= 4 is 17.9 Å². The molecule has 0 fully saturated rings. The van der Waals surface area contributed by atoms with Gasteiger partial charge in [-0.25, -0.2) is 0 Å². The van der Waals surface area contributed by atoms with E-state index in [2.05, 4.69) is 203 Å². The zero-order valence-corrected chi connectivity index (χ0v) is 46.1. The Morgan fingerprint density at radius 3 is 0.822 bits per heavy atom. The summed E-state index contributed by atoms with van der Waals surface area (Å²) >= 11 is 0. The summed E-state index contributed by atoms with van der Waals surface area (Å²) in [5.41, 5.74) is 0. The van der Waals surface area contributed by atoms with Crippen molar-refractivity contribution in [2.24, 2.45) is 0 Å². The molecule has 0 saturated heterocycles. The Hall–Kier alpha value is -5.49. The van der Waals surface area contributed by atoms with Crippen LogP contribution in [0.15, 0.2) is 182 Å². The molecule has 0 aromatic heterocycles. The average Bonchev–Trinajstić information content (AvgIpc) is 3.39. The number of esters is 3. The highest BCUT2D eigenvalue weighted by Crippen LogP contribution is 2.11. The molecule has 0 aliphatic rings. The molecular formula is C67H100O6. The van der Waals surface area contributed by atoms with Crippen molar-refractivity contribution in [1.29, 1.82) is 0 Å². The summed E-state index contributed by atoms with van der Waals surface area (Å²) in [5, 5.41) is 0. The first kappa shape index (κ1) is 67.5. The zero-order valence-electron chi connectivity index (χ0n) is 46.1. The summed E-state index contributed by atoms with van der Waals surface area (Å²) in [7, 11) is 0. The number of carbonyl (C=O) groups is 3. The van der Waals surface area contributed by atoms with Gasteiger partial charge < -0.3 is 14.2 Å². The first-order chi connectivity index (χ1) is 36.0. The number of carbonyl (C=O) groups excluding carboxylic acids is 3. The van der Waals surface area contributed by atoms with Gasteiger partial charge in [0.1, 0.15) is 13.2 Å². The van der Waals surface area contributed by atoms with E-state index in [-0.39, 0.29) is 38.0 Å². The number of allylic oxidation sites excluding steroid dienone is 30. The fraction of sp³-hybridized carbons (Fsp3) is 0.507. The number of unbranched alkanes of at least 4 members (excludes halogenated alkanes) is 7. The first-order valence-corrected chi connectivity index (χ1v) is 28.3. The van der Waals surface area contributed by atoms with Crippen molar-refractivity contribution < 1.29 is 28.6 Å². The molecule has 73 heavy (non-hydrogen) atoms. The fourth-order valence-corrected chi connectivity index (χ4v) is 6.76. The van der Waals surface area contributed by atoms with Gasteiger partial charge in [0.05, 0.1) is 0 Å². The van der Waals surface area contributed by atoms with E-state index in [0.717, 1.165) is 148 Å². The molecule has 0 bridgehead atoms. The predicted octanol–water partition coefficient (Wildman–Crippen LogP) is 19.3.